The zero-order chi connectivity index (χ0) is 15.2. The second kappa shape index (κ2) is 6.90. The number of aliphatic imine (C=N–C) groups is 1. The van der Waals surface area contributed by atoms with Crippen LogP contribution in [0.3, 0.4) is 0 Å². The van der Waals surface area contributed by atoms with Gasteiger partial charge in [-0.05, 0) is 37.3 Å². The summed E-state index contributed by atoms with van der Waals surface area (Å²) in [4.78, 5) is 16.3. The molecular formula is C16H16ClN3O. The van der Waals surface area contributed by atoms with Gasteiger partial charge in [-0.2, -0.15) is 0 Å². The van der Waals surface area contributed by atoms with E-state index in [0.717, 1.165) is 11.3 Å². The van der Waals surface area contributed by atoms with E-state index in [9.17, 15) is 4.79 Å². The zero-order valence-corrected chi connectivity index (χ0v) is 12.4. The van der Waals surface area contributed by atoms with Crippen LogP contribution in [0.2, 0.25) is 0 Å². The largest absolute Gasteiger partial charge is 0.386 e. The molecular weight excluding hydrogens is 286 g/mol. The minimum Gasteiger partial charge on any atom is -0.386 e. The van der Waals surface area contributed by atoms with Crippen LogP contribution in [0, 0.1) is 6.92 Å². The number of aryl methyl sites for hydroxylation is 1. The van der Waals surface area contributed by atoms with Crippen LogP contribution in [0.5, 0.6) is 0 Å². The molecule has 1 amide bonds. The molecule has 0 aliphatic heterocycles. The van der Waals surface area contributed by atoms with E-state index in [4.69, 9.17) is 17.3 Å². The molecule has 2 aromatic carbocycles. The summed E-state index contributed by atoms with van der Waals surface area (Å²) in [6.45, 7) is 1.99. The van der Waals surface area contributed by atoms with Crippen LogP contribution in [0.15, 0.2) is 53.5 Å². The molecule has 5 heteroatoms. The van der Waals surface area contributed by atoms with Crippen LogP contribution >= 0.6 is 11.6 Å². The Hall–Kier alpha value is -2.33. The summed E-state index contributed by atoms with van der Waals surface area (Å²) in [5.74, 6) is 0.271. The van der Waals surface area contributed by atoms with Crippen molar-refractivity contribution in [2.45, 2.75) is 6.92 Å². The summed E-state index contributed by atoms with van der Waals surface area (Å²) in [6, 6.07) is 14.5. The maximum absolute atomic E-state index is 12.2. The SMILES string of the molecule is Cc1ccc(NC(=O)c2cccc(N=C(N)CCl)c2)cc1. The fourth-order valence-electron chi connectivity index (χ4n) is 1.75. The molecule has 0 aliphatic carbocycles. The lowest BCUT2D eigenvalue weighted by Gasteiger charge is -2.06. The molecule has 21 heavy (non-hydrogen) atoms. The first-order chi connectivity index (χ1) is 10.1. The Labute approximate surface area is 128 Å². The number of nitrogens with two attached hydrogens (primary N) is 1. The first kappa shape index (κ1) is 15.1. The highest BCUT2D eigenvalue weighted by molar-refractivity contribution is 6.28. The van der Waals surface area contributed by atoms with E-state index in [2.05, 4.69) is 10.3 Å². The number of alkyl halides is 1. The van der Waals surface area contributed by atoms with E-state index < -0.39 is 0 Å². The number of benzene rings is 2. The van der Waals surface area contributed by atoms with Crippen LogP contribution < -0.4 is 11.1 Å². The molecule has 0 aliphatic rings. The Morgan fingerprint density at radius 2 is 1.95 bits per heavy atom. The number of carbonyl (C=O) groups is 1. The number of rotatable bonds is 4. The molecule has 2 aromatic rings. The monoisotopic (exact) mass is 301 g/mol. The number of nitrogens with zero attached hydrogens (tertiary/aromatic N) is 1. The molecule has 4 nitrogen and oxygen atoms in total. The number of amidine groups is 1. The number of nitrogens with one attached hydrogen (secondary N) is 1. The lowest BCUT2D eigenvalue weighted by Crippen LogP contribution is -2.13. The van der Waals surface area contributed by atoms with Crippen molar-refractivity contribution in [1.29, 1.82) is 0 Å². The van der Waals surface area contributed by atoms with Gasteiger partial charge in [0.2, 0.25) is 0 Å². The van der Waals surface area contributed by atoms with Crippen molar-refractivity contribution in [3.8, 4) is 0 Å². The molecule has 0 heterocycles. The van der Waals surface area contributed by atoms with Gasteiger partial charge in [0.25, 0.3) is 5.91 Å². The summed E-state index contributed by atoms with van der Waals surface area (Å²) in [7, 11) is 0. The van der Waals surface area contributed by atoms with Gasteiger partial charge in [-0.3, -0.25) is 4.79 Å². The first-order valence-electron chi connectivity index (χ1n) is 6.45. The number of halogens is 1. The van der Waals surface area contributed by atoms with Gasteiger partial charge < -0.3 is 11.1 Å². The van der Waals surface area contributed by atoms with Gasteiger partial charge in [0.1, 0.15) is 5.84 Å². The van der Waals surface area contributed by atoms with E-state index in [0.29, 0.717) is 17.1 Å². The number of amides is 1. The molecule has 0 bridgehead atoms. The third-order valence-corrected chi connectivity index (χ3v) is 3.10. The summed E-state index contributed by atoms with van der Waals surface area (Å²) >= 11 is 5.59. The second-order valence-electron chi connectivity index (χ2n) is 4.61. The van der Waals surface area contributed by atoms with Crippen molar-refractivity contribution in [3.05, 3.63) is 59.7 Å². The quantitative estimate of drug-likeness (QED) is 0.516. The molecule has 0 unspecified atom stereocenters. The summed E-state index contributed by atoms with van der Waals surface area (Å²) in [6.07, 6.45) is 0. The summed E-state index contributed by atoms with van der Waals surface area (Å²) < 4.78 is 0. The Morgan fingerprint density at radius 3 is 2.62 bits per heavy atom. The third-order valence-electron chi connectivity index (χ3n) is 2.83. The molecule has 2 rings (SSSR count). The predicted molar refractivity (Wildman–Crippen MR) is 87.6 cm³/mol. The van der Waals surface area contributed by atoms with Gasteiger partial charge in [-0.1, -0.05) is 23.8 Å². The van der Waals surface area contributed by atoms with Gasteiger partial charge in [0, 0.05) is 11.3 Å². The van der Waals surface area contributed by atoms with E-state index in [1.807, 2.05) is 31.2 Å². The maximum Gasteiger partial charge on any atom is 0.255 e. The molecule has 0 spiro atoms. The smallest absolute Gasteiger partial charge is 0.255 e. The van der Waals surface area contributed by atoms with E-state index in [-0.39, 0.29) is 11.8 Å². The number of hydrogen-bond acceptors (Lipinski definition) is 2. The van der Waals surface area contributed by atoms with Crippen molar-refractivity contribution in [2.24, 2.45) is 10.7 Å². The molecule has 0 fully saturated rings. The van der Waals surface area contributed by atoms with Crippen LogP contribution in [0.1, 0.15) is 15.9 Å². The highest BCUT2D eigenvalue weighted by atomic mass is 35.5. The maximum atomic E-state index is 12.2. The fraction of sp³-hybridized carbons (Fsp3) is 0.125. The zero-order valence-electron chi connectivity index (χ0n) is 11.6. The predicted octanol–water partition coefficient (Wildman–Crippen LogP) is 3.47. The Kier molecular flexibility index (Phi) is 4.95. The van der Waals surface area contributed by atoms with Crippen molar-refractivity contribution < 1.29 is 4.79 Å². The van der Waals surface area contributed by atoms with Gasteiger partial charge >= 0.3 is 0 Å². The van der Waals surface area contributed by atoms with Crippen LogP contribution in [-0.2, 0) is 0 Å². The van der Waals surface area contributed by atoms with Gasteiger partial charge in [0.05, 0.1) is 11.6 Å². The fourth-order valence-corrected chi connectivity index (χ4v) is 1.81. The molecule has 0 saturated heterocycles. The van der Waals surface area contributed by atoms with Gasteiger partial charge in [-0.25, -0.2) is 4.99 Å². The second-order valence-corrected chi connectivity index (χ2v) is 4.87. The number of hydrogen-bond donors (Lipinski definition) is 2. The normalized spacial score (nSPS) is 11.2. The van der Waals surface area contributed by atoms with Gasteiger partial charge in [0.15, 0.2) is 0 Å². The third kappa shape index (κ3) is 4.33. The highest BCUT2D eigenvalue weighted by Crippen LogP contribution is 2.16. The molecule has 3 N–H and O–H groups in total. The Balaban J connectivity index is 2.16. The number of anilines is 1. The van der Waals surface area contributed by atoms with Crippen molar-refractivity contribution in [2.75, 3.05) is 11.2 Å². The molecule has 108 valence electrons. The Morgan fingerprint density at radius 1 is 1.24 bits per heavy atom. The lowest BCUT2D eigenvalue weighted by atomic mass is 10.1. The topological polar surface area (TPSA) is 67.5 Å². The molecule has 0 saturated carbocycles. The van der Waals surface area contributed by atoms with E-state index in [1.54, 1.807) is 24.3 Å². The van der Waals surface area contributed by atoms with Crippen LogP contribution in [0.4, 0.5) is 11.4 Å². The Bertz CT molecular complexity index is 665. The lowest BCUT2D eigenvalue weighted by molar-refractivity contribution is 0.102. The number of carbonyl (C=O) groups excluding carboxylic acids is 1. The standard InChI is InChI=1S/C16H16ClN3O/c1-11-5-7-13(8-6-11)20-16(21)12-3-2-4-14(9-12)19-15(18)10-17/h2-9H,10H2,1H3,(H2,18,19)(H,20,21). The molecule has 0 aromatic heterocycles. The van der Waals surface area contributed by atoms with Gasteiger partial charge in [-0.15, -0.1) is 11.6 Å². The molecule has 0 atom stereocenters. The van der Waals surface area contributed by atoms with Crippen LogP contribution in [-0.4, -0.2) is 17.6 Å². The molecule has 0 radical (unpaired) electrons. The first-order valence-corrected chi connectivity index (χ1v) is 6.99. The summed E-state index contributed by atoms with van der Waals surface area (Å²) in [5.41, 5.74) is 8.59. The average molecular weight is 302 g/mol. The highest BCUT2D eigenvalue weighted by Gasteiger charge is 2.06. The van der Waals surface area contributed by atoms with E-state index in [1.165, 1.54) is 0 Å². The van der Waals surface area contributed by atoms with Crippen molar-refractivity contribution >= 4 is 34.7 Å². The van der Waals surface area contributed by atoms with E-state index >= 15 is 0 Å². The minimum absolute atomic E-state index is 0.153. The van der Waals surface area contributed by atoms with Crippen molar-refractivity contribution in [1.82, 2.24) is 0 Å². The van der Waals surface area contributed by atoms with Crippen LogP contribution in [0.25, 0.3) is 0 Å². The average Bonchev–Trinajstić information content (AvgIpc) is 2.49. The minimum atomic E-state index is -0.194. The summed E-state index contributed by atoms with van der Waals surface area (Å²) in [5, 5.41) is 2.84. The van der Waals surface area contributed by atoms with Crippen molar-refractivity contribution in [3.63, 3.8) is 0 Å².